The van der Waals surface area contributed by atoms with Crippen molar-refractivity contribution in [1.29, 1.82) is 0 Å². The van der Waals surface area contributed by atoms with E-state index >= 15 is 0 Å². The molecule has 0 N–H and O–H groups in total. The van der Waals surface area contributed by atoms with Crippen molar-refractivity contribution in [2.45, 2.75) is 0 Å². The lowest BCUT2D eigenvalue weighted by Gasteiger charge is -2.30. The van der Waals surface area contributed by atoms with Crippen LogP contribution in [0.2, 0.25) is 0 Å². The van der Waals surface area contributed by atoms with Crippen molar-refractivity contribution in [3.63, 3.8) is 0 Å². The molecule has 0 bridgehead atoms. The number of nitrogens with zero attached hydrogens (tertiary/aromatic N) is 2. The summed E-state index contributed by atoms with van der Waals surface area (Å²) in [7, 11) is -2.53. The van der Waals surface area contributed by atoms with Gasteiger partial charge in [-0.3, -0.25) is 0 Å². The van der Waals surface area contributed by atoms with E-state index in [1.165, 1.54) is 42.9 Å². The molecule has 3 heteroatoms. The summed E-state index contributed by atoms with van der Waals surface area (Å²) in [6.07, 6.45) is 2.36. The number of hydrogen-bond acceptors (Lipinski definition) is 1. The third-order valence-electron chi connectivity index (χ3n) is 10.3. The highest BCUT2D eigenvalue weighted by Gasteiger charge is 2.36. The Labute approximate surface area is 312 Å². The Balaban J connectivity index is 1.15. The molecule has 0 fully saturated rings. The highest BCUT2D eigenvalue weighted by molar-refractivity contribution is 7.15. The van der Waals surface area contributed by atoms with E-state index in [1.807, 2.05) is 0 Å². The van der Waals surface area contributed by atoms with Crippen LogP contribution in [-0.2, 0) is 0 Å². The maximum absolute atomic E-state index is 2.53. The zero-order valence-electron chi connectivity index (χ0n) is 29.3. The molecule has 0 atom stereocenters. The van der Waals surface area contributed by atoms with E-state index in [2.05, 4.69) is 240 Å². The molecule has 1 aromatic heterocycles. The van der Waals surface area contributed by atoms with Gasteiger partial charge in [0.05, 0.1) is 11.0 Å². The summed E-state index contributed by atoms with van der Waals surface area (Å²) in [6, 6.07) is 79.0. The fourth-order valence-corrected chi connectivity index (χ4v) is 12.0. The van der Waals surface area contributed by atoms with Gasteiger partial charge in [-0.2, -0.15) is 0 Å². The minimum Gasteiger partial charge on any atom is -0.311 e. The van der Waals surface area contributed by atoms with Gasteiger partial charge in [-0.05, 0) is 87.9 Å². The molecule has 9 aromatic rings. The second-order valence-corrected chi connectivity index (χ2v) is 17.1. The average Bonchev–Trinajstić information content (AvgIpc) is 3.57. The predicted molar refractivity (Wildman–Crippen MR) is 228 cm³/mol. The molecule has 1 heterocycles. The first-order valence-corrected chi connectivity index (χ1v) is 20.3. The van der Waals surface area contributed by atoms with Crippen LogP contribution in [0, 0.1) is 0 Å². The van der Waals surface area contributed by atoms with E-state index in [1.54, 1.807) is 0 Å². The molecule has 0 saturated heterocycles. The molecule has 0 aliphatic heterocycles. The second kappa shape index (κ2) is 14.1. The fraction of sp³-hybridized carbons (Fsp3) is 0. The lowest BCUT2D eigenvalue weighted by Crippen LogP contribution is -2.66. The summed E-state index contributed by atoms with van der Waals surface area (Å²) in [5.74, 6) is 0. The van der Waals surface area contributed by atoms with Crippen LogP contribution in [0.4, 0.5) is 17.1 Å². The Morgan fingerprint density at radius 2 is 0.811 bits per heavy atom. The van der Waals surface area contributed by atoms with Crippen LogP contribution in [0.3, 0.4) is 0 Å². The SMILES string of the molecule is C(=C\[Si](c1ccccc1)(c1ccccc1)c1ccccc1)/c1ccc2c(c1)c1ccccc1n2-c1ccc(N(c2ccccc2)c2ccccc2)cc1. The fourth-order valence-electron chi connectivity index (χ4n) is 7.84. The third-order valence-corrected chi connectivity index (χ3v) is 14.7. The molecule has 0 spiro atoms. The average molecular weight is 695 g/mol. The van der Waals surface area contributed by atoms with Crippen LogP contribution in [0.15, 0.2) is 224 Å². The van der Waals surface area contributed by atoms with Gasteiger partial charge in [0.15, 0.2) is 8.07 Å². The van der Waals surface area contributed by atoms with Crippen LogP contribution in [0.1, 0.15) is 5.56 Å². The molecule has 0 amide bonds. The minimum atomic E-state index is -2.53. The van der Waals surface area contributed by atoms with Crippen molar-refractivity contribution >= 4 is 68.6 Å². The van der Waals surface area contributed by atoms with Crippen molar-refractivity contribution < 1.29 is 0 Å². The van der Waals surface area contributed by atoms with Crippen LogP contribution in [0.25, 0.3) is 33.6 Å². The first-order valence-electron chi connectivity index (χ1n) is 18.2. The summed E-state index contributed by atoms with van der Waals surface area (Å²) in [4.78, 5) is 2.30. The van der Waals surface area contributed by atoms with Crippen LogP contribution in [-0.4, -0.2) is 12.6 Å². The van der Waals surface area contributed by atoms with Crippen molar-refractivity contribution in [3.8, 4) is 5.69 Å². The van der Waals surface area contributed by atoms with Crippen LogP contribution >= 0.6 is 0 Å². The number of rotatable bonds is 9. The van der Waals surface area contributed by atoms with Crippen molar-refractivity contribution in [2.24, 2.45) is 0 Å². The van der Waals surface area contributed by atoms with Crippen molar-refractivity contribution in [1.82, 2.24) is 4.57 Å². The lowest BCUT2D eigenvalue weighted by molar-refractivity contribution is 1.17. The Morgan fingerprint density at radius 3 is 1.34 bits per heavy atom. The number of hydrogen-bond donors (Lipinski definition) is 0. The molecule has 0 aliphatic carbocycles. The quantitative estimate of drug-likeness (QED) is 0.108. The van der Waals surface area contributed by atoms with Gasteiger partial charge >= 0.3 is 0 Å². The van der Waals surface area contributed by atoms with E-state index in [-0.39, 0.29) is 0 Å². The predicted octanol–water partition coefficient (Wildman–Crippen LogP) is 11.0. The zero-order valence-corrected chi connectivity index (χ0v) is 30.3. The molecule has 252 valence electrons. The van der Waals surface area contributed by atoms with E-state index in [9.17, 15) is 0 Å². The molecule has 53 heavy (non-hydrogen) atoms. The molecule has 0 saturated carbocycles. The smallest absolute Gasteiger partial charge is 0.172 e. The Bertz CT molecular complexity index is 2500. The van der Waals surface area contributed by atoms with E-state index in [0.29, 0.717) is 0 Å². The van der Waals surface area contributed by atoms with Gasteiger partial charge in [-0.1, -0.05) is 163 Å². The maximum atomic E-state index is 2.53. The summed E-state index contributed by atoms with van der Waals surface area (Å²) < 4.78 is 2.40. The lowest BCUT2D eigenvalue weighted by atomic mass is 10.1. The molecular weight excluding hydrogens is 657 g/mol. The highest BCUT2D eigenvalue weighted by atomic mass is 28.3. The molecule has 0 unspecified atom stereocenters. The summed E-state index contributed by atoms with van der Waals surface area (Å²) >= 11 is 0. The molecule has 8 aromatic carbocycles. The van der Waals surface area contributed by atoms with Gasteiger partial charge in [0.2, 0.25) is 0 Å². The Hall–Kier alpha value is -6.68. The van der Waals surface area contributed by atoms with Gasteiger partial charge in [0, 0.05) is 33.5 Å². The number of para-hydroxylation sites is 3. The first kappa shape index (κ1) is 32.2. The van der Waals surface area contributed by atoms with Gasteiger partial charge in [0.25, 0.3) is 0 Å². The van der Waals surface area contributed by atoms with Crippen molar-refractivity contribution in [2.75, 3.05) is 4.90 Å². The largest absolute Gasteiger partial charge is 0.311 e. The van der Waals surface area contributed by atoms with Crippen LogP contribution in [0.5, 0.6) is 0 Å². The maximum Gasteiger partial charge on any atom is 0.172 e. The summed E-state index contributed by atoms with van der Waals surface area (Å²) in [6.45, 7) is 0. The van der Waals surface area contributed by atoms with Gasteiger partial charge in [-0.15, -0.1) is 0 Å². The Kier molecular flexibility index (Phi) is 8.61. The van der Waals surface area contributed by atoms with Crippen LogP contribution < -0.4 is 20.5 Å². The molecule has 0 radical (unpaired) electrons. The van der Waals surface area contributed by atoms with Gasteiger partial charge in [-0.25, -0.2) is 0 Å². The van der Waals surface area contributed by atoms with Gasteiger partial charge in [0.1, 0.15) is 0 Å². The summed E-state index contributed by atoms with van der Waals surface area (Å²) in [5.41, 5.74) is 10.6. The van der Waals surface area contributed by atoms with Gasteiger partial charge < -0.3 is 9.47 Å². The van der Waals surface area contributed by atoms with E-state index < -0.39 is 8.07 Å². The number of benzene rings is 8. The number of anilines is 3. The van der Waals surface area contributed by atoms with Crippen molar-refractivity contribution in [3.05, 3.63) is 230 Å². The highest BCUT2D eigenvalue weighted by Crippen LogP contribution is 2.37. The molecular formula is C50H38N2Si. The second-order valence-electron chi connectivity index (χ2n) is 13.4. The monoisotopic (exact) mass is 694 g/mol. The topological polar surface area (TPSA) is 8.17 Å². The first-order chi connectivity index (χ1) is 26.3. The Morgan fingerprint density at radius 1 is 0.377 bits per heavy atom. The summed E-state index contributed by atoms with van der Waals surface area (Å²) in [5, 5.41) is 6.59. The molecule has 2 nitrogen and oxygen atoms in total. The van der Waals surface area contributed by atoms with E-state index in [0.717, 1.165) is 22.7 Å². The molecule has 0 aliphatic rings. The third kappa shape index (κ3) is 5.97. The molecule has 9 rings (SSSR count). The zero-order chi connectivity index (χ0) is 35.5. The van der Waals surface area contributed by atoms with E-state index in [4.69, 9.17) is 0 Å². The standard InChI is InChI=1S/C50H38N2Si/c1-6-18-40(19-7-1)51(41-20-8-2-9-21-41)42-31-33-43(34-32-42)52-49-29-17-16-28-47(49)48-38-39(30-35-50(48)52)36-37-53(44-22-10-3-11-23-44,45-24-12-4-13-25-45)46-26-14-5-15-27-46/h1-38H/b37-36+. The minimum absolute atomic E-state index is 1.11. The normalized spacial score (nSPS) is 11.7. The number of aromatic nitrogens is 1. The number of fused-ring (bicyclic) bond motifs is 3.